The van der Waals surface area contributed by atoms with Crippen LogP contribution < -0.4 is 5.32 Å². The second-order valence-electron chi connectivity index (χ2n) is 4.50. The lowest BCUT2D eigenvalue weighted by Crippen LogP contribution is -2.38. The predicted octanol–water partition coefficient (Wildman–Crippen LogP) is 1.81. The van der Waals surface area contributed by atoms with E-state index in [4.69, 9.17) is 5.11 Å². The predicted molar refractivity (Wildman–Crippen MR) is 62.6 cm³/mol. The summed E-state index contributed by atoms with van der Waals surface area (Å²) in [6.07, 6.45) is 1.70. The Morgan fingerprint density at radius 1 is 1.39 bits per heavy atom. The third-order valence-electron chi connectivity index (χ3n) is 3.02. The first-order chi connectivity index (χ1) is 8.58. The molecule has 4 nitrogen and oxygen atoms in total. The minimum atomic E-state index is -0.958. The van der Waals surface area contributed by atoms with Crippen LogP contribution in [0, 0.1) is 11.7 Å². The Balaban J connectivity index is 2.05. The van der Waals surface area contributed by atoms with E-state index in [2.05, 4.69) is 5.32 Å². The number of benzene rings is 1. The smallest absolute Gasteiger partial charge is 0.305 e. The van der Waals surface area contributed by atoms with Crippen LogP contribution in [-0.4, -0.2) is 23.0 Å². The fourth-order valence-electron chi connectivity index (χ4n) is 1.91. The number of carboxylic acid groups (broad SMARTS) is 1. The Hall–Kier alpha value is -1.91. The molecule has 2 rings (SSSR count). The molecule has 5 heteroatoms. The Kier molecular flexibility index (Phi) is 3.60. The van der Waals surface area contributed by atoms with Gasteiger partial charge in [-0.1, -0.05) is 12.1 Å². The van der Waals surface area contributed by atoms with Gasteiger partial charge < -0.3 is 10.4 Å². The van der Waals surface area contributed by atoms with E-state index in [-0.39, 0.29) is 17.9 Å². The number of carbonyl (C=O) groups is 2. The molecule has 18 heavy (non-hydrogen) atoms. The molecular weight excluding hydrogens is 237 g/mol. The molecule has 1 amide bonds. The maximum atomic E-state index is 13.4. The minimum Gasteiger partial charge on any atom is -0.481 e. The second-order valence-corrected chi connectivity index (χ2v) is 4.50. The van der Waals surface area contributed by atoms with Crippen LogP contribution in [0.5, 0.6) is 0 Å². The van der Waals surface area contributed by atoms with E-state index in [1.165, 1.54) is 18.2 Å². The maximum absolute atomic E-state index is 13.4. The summed E-state index contributed by atoms with van der Waals surface area (Å²) in [7, 11) is 0. The van der Waals surface area contributed by atoms with E-state index >= 15 is 0 Å². The fourth-order valence-corrected chi connectivity index (χ4v) is 1.91. The van der Waals surface area contributed by atoms with Gasteiger partial charge in [-0.05, 0) is 30.9 Å². The summed E-state index contributed by atoms with van der Waals surface area (Å²) >= 11 is 0. The van der Waals surface area contributed by atoms with Gasteiger partial charge in [0.15, 0.2) is 0 Å². The molecule has 96 valence electrons. The van der Waals surface area contributed by atoms with Crippen LogP contribution in [0.15, 0.2) is 24.3 Å². The number of aliphatic carboxylic acids is 1. The zero-order valence-corrected chi connectivity index (χ0v) is 9.73. The lowest BCUT2D eigenvalue weighted by molar-refractivity contribution is -0.137. The van der Waals surface area contributed by atoms with Gasteiger partial charge in [0.25, 0.3) is 5.91 Å². The average Bonchev–Trinajstić information content (AvgIpc) is 3.11. The van der Waals surface area contributed by atoms with E-state index in [1.54, 1.807) is 6.07 Å². The normalized spacial score (nSPS) is 16.1. The Morgan fingerprint density at radius 3 is 2.61 bits per heavy atom. The van der Waals surface area contributed by atoms with Crippen LogP contribution in [0.2, 0.25) is 0 Å². The highest BCUT2D eigenvalue weighted by atomic mass is 19.1. The van der Waals surface area contributed by atoms with E-state index in [1.807, 2.05) is 0 Å². The molecule has 1 aromatic carbocycles. The van der Waals surface area contributed by atoms with Gasteiger partial charge in [-0.15, -0.1) is 0 Å². The molecule has 1 aliphatic carbocycles. The lowest BCUT2D eigenvalue weighted by Gasteiger charge is -2.16. The quantitative estimate of drug-likeness (QED) is 0.838. The highest BCUT2D eigenvalue weighted by Gasteiger charge is 2.34. The highest BCUT2D eigenvalue weighted by molar-refractivity contribution is 5.94. The first-order valence-electron chi connectivity index (χ1n) is 5.85. The molecule has 1 aromatic rings. The molecule has 1 unspecified atom stereocenters. The van der Waals surface area contributed by atoms with Gasteiger partial charge in [0.1, 0.15) is 5.82 Å². The van der Waals surface area contributed by atoms with Gasteiger partial charge in [0, 0.05) is 6.04 Å². The molecule has 2 N–H and O–H groups in total. The molecule has 1 saturated carbocycles. The van der Waals surface area contributed by atoms with Crippen molar-refractivity contribution in [1.29, 1.82) is 0 Å². The van der Waals surface area contributed by atoms with E-state index in [9.17, 15) is 14.0 Å². The minimum absolute atomic E-state index is 0.0476. The summed E-state index contributed by atoms with van der Waals surface area (Å²) in [4.78, 5) is 22.5. The zero-order chi connectivity index (χ0) is 13.1. The maximum Gasteiger partial charge on any atom is 0.305 e. The summed E-state index contributed by atoms with van der Waals surface area (Å²) in [5, 5.41) is 11.4. The molecule has 1 aliphatic rings. The molecule has 0 radical (unpaired) electrons. The molecule has 0 bridgehead atoms. The SMILES string of the molecule is O=C(O)CC(NC(=O)c1ccccc1F)C1CC1. The topological polar surface area (TPSA) is 66.4 Å². The number of hydrogen-bond acceptors (Lipinski definition) is 2. The third-order valence-corrected chi connectivity index (χ3v) is 3.02. The average molecular weight is 251 g/mol. The Morgan fingerprint density at radius 2 is 2.06 bits per heavy atom. The molecule has 0 saturated heterocycles. The van der Waals surface area contributed by atoms with Gasteiger partial charge in [-0.3, -0.25) is 9.59 Å². The monoisotopic (exact) mass is 251 g/mol. The third kappa shape index (κ3) is 3.06. The van der Waals surface area contributed by atoms with Crippen molar-refractivity contribution in [3.63, 3.8) is 0 Å². The van der Waals surface area contributed by atoms with Crippen molar-refractivity contribution in [2.45, 2.75) is 25.3 Å². The van der Waals surface area contributed by atoms with Crippen molar-refractivity contribution < 1.29 is 19.1 Å². The van der Waals surface area contributed by atoms with Crippen molar-refractivity contribution in [2.24, 2.45) is 5.92 Å². The number of rotatable bonds is 5. The Bertz CT molecular complexity index is 471. The number of hydrogen-bond donors (Lipinski definition) is 2. The van der Waals surface area contributed by atoms with Crippen LogP contribution in [0.3, 0.4) is 0 Å². The summed E-state index contributed by atoms with van der Waals surface area (Å²) < 4.78 is 13.4. The number of carboxylic acids is 1. The number of halogens is 1. The van der Waals surface area contributed by atoms with Crippen LogP contribution >= 0.6 is 0 Å². The van der Waals surface area contributed by atoms with Crippen molar-refractivity contribution in [3.05, 3.63) is 35.6 Å². The van der Waals surface area contributed by atoms with Crippen LogP contribution in [-0.2, 0) is 4.79 Å². The van der Waals surface area contributed by atoms with Gasteiger partial charge in [-0.2, -0.15) is 0 Å². The first-order valence-corrected chi connectivity index (χ1v) is 5.85. The zero-order valence-electron chi connectivity index (χ0n) is 9.73. The van der Waals surface area contributed by atoms with Crippen LogP contribution in [0.4, 0.5) is 4.39 Å². The second kappa shape index (κ2) is 5.16. The van der Waals surface area contributed by atoms with Gasteiger partial charge in [0.2, 0.25) is 0 Å². The van der Waals surface area contributed by atoms with Gasteiger partial charge in [0.05, 0.1) is 12.0 Å². The number of nitrogens with one attached hydrogen (secondary N) is 1. The molecule has 0 aliphatic heterocycles. The first kappa shape index (κ1) is 12.5. The highest BCUT2D eigenvalue weighted by Crippen LogP contribution is 2.34. The standard InChI is InChI=1S/C13H14FNO3/c14-10-4-2-1-3-9(10)13(18)15-11(7-12(16)17)8-5-6-8/h1-4,8,11H,5-7H2,(H,15,18)(H,16,17). The molecule has 0 spiro atoms. The van der Waals surface area contributed by atoms with Crippen molar-refractivity contribution in [2.75, 3.05) is 0 Å². The van der Waals surface area contributed by atoms with Crippen LogP contribution in [0.25, 0.3) is 0 Å². The molecule has 0 heterocycles. The molecule has 1 fully saturated rings. The molecule has 0 aromatic heterocycles. The van der Waals surface area contributed by atoms with Gasteiger partial charge >= 0.3 is 5.97 Å². The molecule has 1 atom stereocenters. The summed E-state index contributed by atoms with van der Waals surface area (Å²) in [6, 6.07) is 5.26. The van der Waals surface area contributed by atoms with Crippen molar-refractivity contribution in [1.82, 2.24) is 5.32 Å². The Labute approximate surface area is 104 Å². The van der Waals surface area contributed by atoms with E-state index in [0.29, 0.717) is 0 Å². The van der Waals surface area contributed by atoms with Crippen molar-refractivity contribution >= 4 is 11.9 Å². The number of carbonyl (C=O) groups excluding carboxylic acids is 1. The lowest BCUT2D eigenvalue weighted by atomic mass is 10.1. The van der Waals surface area contributed by atoms with Crippen molar-refractivity contribution in [3.8, 4) is 0 Å². The fraction of sp³-hybridized carbons (Fsp3) is 0.385. The summed E-state index contributed by atoms with van der Waals surface area (Å²) in [6.45, 7) is 0. The summed E-state index contributed by atoms with van der Waals surface area (Å²) in [5.41, 5.74) is -0.0476. The summed E-state index contributed by atoms with van der Waals surface area (Å²) in [5.74, 6) is -1.90. The van der Waals surface area contributed by atoms with E-state index in [0.717, 1.165) is 12.8 Å². The largest absolute Gasteiger partial charge is 0.481 e. The van der Waals surface area contributed by atoms with Crippen LogP contribution in [0.1, 0.15) is 29.6 Å². The van der Waals surface area contributed by atoms with E-state index < -0.39 is 23.7 Å². The number of amides is 1. The van der Waals surface area contributed by atoms with Gasteiger partial charge in [-0.25, -0.2) is 4.39 Å². The molecular formula is C13H14FNO3.